The second kappa shape index (κ2) is 14.3. The molecule has 5 heterocycles. The van der Waals surface area contributed by atoms with Crippen LogP contribution in [0, 0.1) is 11.8 Å². The highest BCUT2D eigenvalue weighted by Gasteiger charge is 2.38. The highest BCUT2D eigenvalue weighted by atomic mass is 35.5. The third kappa shape index (κ3) is 7.70. The van der Waals surface area contributed by atoms with Gasteiger partial charge in [-0.15, -0.1) is 0 Å². The van der Waals surface area contributed by atoms with Crippen LogP contribution >= 0.6 is 22.9 Å². The number of alkyl halides is 3. The quantitative estimate of drug-likeness (QED) is 0.233. The molecule has 1 aromatic carbocycles. The number of benzene rings is 1. The number of nitrogens with one attached hydrogen (secondary N) is 2. The van der Waals surface area contributed by atoms with Crippen molar-refractivity contribution < 1.29 is 27.5 Å². The van der Waals surface area contributed by atoms with Crippen molar-refractivity contribution in [2.45, 2.75) is 38.4 Å². The van der Waals surface area contributed by atoms with Gasteiger partial charge < -0.3 is 25.2 Å². The Bertz CT molecular complexity index is 1490. The van der Waals surface area contributed by atoms with Gasteiger partial charge in [-0.25, -0.2) is 9.97 Å². The molecule has 3 aromatic rings. The molecule has 0 saturated carbocycles. The lowest BCUT2D eigenvalue weighted by molar-refractivity contribution is -0.148. The molecule has 3 fully saturated rings. The molecule has 9 nitrogen and oxygen atoms in total. The molecule has 0 radical (unpaired) electrons. The van der Waals surface area contributed by atoms with Crippen molar-refractivity contribution in [3.05, 3.63) is 52.7 Å². The lowest BCUT2D eigenvalue weighted by atomic mass is 9.97. The number of hydrogen-bond donors (Lipinski definition) is 2. The van der Waals surface area contributed by atoms with Crippen LogP contribution < -0.4 is 20.4 Å². The zero-order valence-corrected chi connectivity index (χ0v) is 26.6. The topological polar surface area (TPSA) is 99.7 Å². The van der Waals surface area contributed by atoms with E-state index in [9.17, 15) is 22.8 Å². The van der Waals surface area contributed by atoms with E-state index in [0.717, 1.165) is 56.3 Å². The molecule has 242 valence electrons. The first-order valence-electron chi connectivity index (χ1n) is 15.0. The van der Waals surface area contributed by atoms with Crippen molar-refractivity contribution in [2.75, 3.05) is 61.5 Å². The summed E-state index contributed by atoms with van der Waals surface area (Å²) in [5.74, 6) is 1.11. The average molecular weight is 665 g/mol. The summed E-state index contributed by atoms with van der Waals surface area (Å²) in [5, 5.41) is 8.65. The number of ether oxygens (including phenoxy) is 1. The van der Waals surface area contributed by atoms with Gasteiger partial charge in [0.05, 0.1) is 23.1 Å². The lowest BCUT2D eigenvalue weighted by Gasteiger charge is -2.32. The van der Waals surface area contributed by atoms with E-state index in [4.69, 9.17) is 16.3 Å². The summed E-state index contributed by atoms with van der Waals surface area (Å²) >= 11 is 7.63. The Morgan fingerprint density at radius 3 is 2.62 bits per heavy atom. The van der Waals surface area contributed by atoms with Crippen molar-refractivity contribution in [1.29, 1.82) is 0 Å². The number of carbonyl (C=O) groups excluding carboxylic acids is 2. The van der Waals surface area contributed by atoms with Gasteiger partial charge in [-0.3, -0.25) is 9.59 Å². The van der Waals surface area contributed by atoms with E-state index in [1.54, 1.807) is 19.2 Å². The molecule has 3 aliphatic heterocycles. The maximum atomic E-state index is 13.1. The fraction of sp³-hybridized carbons (Fsp3) is 0.484. The van der Waals surface area contributed by atoms with Gasteiger partial charge in [0.1, 0.15) is 16.5 Å². The number of halogens is 4. The number of fused-ring (bicyclic) bond motifs is 1. The summed E-state index contributed by atoms with van der Waals surface area (Å²) in [6.07, 6.45) is 0.476. The Morgan fingerprint density at radius 1 is 1.20 bits per heavy atom. The molecule has 6 rings (SSSR count). The average Bonchev–Trinajstić information content (AvgIpc) is 3.77. The number of carbonyl (C=O) groups is 2. The van der Waals surface area contributed by atoms with E-state index < -0.39 is 11.7 Å². The number of nitrogens with zero attached hydrogens (tertiary/aromatic N) is 4. The van der Waals surface area contributed by atoms with Crippen LogP contribution in [-0.2, 0) is 15.7 Å². The van der Waals surface area contributed by atoms with E-state index in [1.165, 1.54) is 29.7 Å². The Balaban J connectivity index is 0.000000183. The predicted octanol–water partition coefficient (Wildman–Crippen LogP) is 6.00. The summed E-state index contributed by atoms with van der Waals surface area (Å²) < 4.78 is 44.2. The Morgan fingerprint density at radius 2 is 1.98 bits per heavy atom. The minimum absolute atomic E-state index is 0.0424. The van der Waals surface area contributed by atoms with E-state index in [2.05, 4.69) is 25.5 Å². The maximum absolute atomic E-state index is 13.1. The summed E-state index contributed by atoms with van der Waals surface area (Å²) in [6, 6.07) is 7.50. The van der Waals surface area contributed by atoms with Gasteiger partial charge in [-0.05, 0) is 56.8 Å². The van der Waals surface area contributed by atoms with Gasteiger partial charge in [0.25, 0.3) is 0 Å². The molecule has 2 aromatic heterocycles. The molecular formula is C31H36ClF3N6O3S. The van der Waals surface area contributed by atoms with Crippen LogP contribution in [0.1, 0.15) is 42.1 Å². The first-order valence-corrected chi connectivity index (χ1v) is 16.2. The van der Waals surface area contributed by atoms with Crippen LogP contribution in [0.3, 0.4) is 0 Å². The standard InChI is InChI=1S/C17H19F3N4S.C14H17ClN2O3/c1-21-16-23-14(10-3-2-4-12(7-10)17(18,19)20)15(25-16)24-8-11-5-6-22-13(11)9-24;1-2-20-14(19)11-3-5-17(6-4-11)13-12(15)7-10(9-18)8-16-13/h2-4,7,11,13,22H,5-6,8-9H2,1H3,(H,21,23);7-9,11H,2-6H2,1H3. The van der Waals surface area contributed by atoms with Gasteiger partial charge in [0, 0.05) is 56.6 Å². The monoisotopic (exact) mass is 664 g/mol. The minimum Gasteiger partial charge on any atom is -0.466 e. The molecule has 14 heteroatoms. The van der Waals surface area contributed by atoms with Gasteiger partial charge in [0.15, 0.2) is 11.4 Å². The fourth-order valence-electron chi connectivity index (χ4n) is 6.01. The van der Waals surface area contributed by atoms with E-state index in [-0.39, 0.29) is 11.9 Å². The molecule has 45 heavy (non-hydrogen) atoms. The zero-order chi connectivity index (χ0) is 32.1. The van der Waals surface area contributed by atoms with Crippen LogP contribution in [-0.4, -0.2) is 74.6 Å². The number of rotatable bonds is 7. The minimum atomic E-state index is -4.35. The summed E-state index contributed by atoms with van der Waals surface area (Å²) in [6.45, 7) is 6.49. The van der Waals surface area contributed by atoms with Crippen molar-refractivity contribution in [2.24, 2.45) is 11.8 Å². The van der Waals surface area contributed by atoms with Crippen molar-refractivity contribution in [3.8, 4) is 11.3 Å². The molecule has 0 aliphatic carbocycles. The number of hydrogen-bond acceptors (Lipinski definition) is 10. The predicted molar refractivity (Wildman–Crippen MR) is 170 cm³/mol. The smallest absolute Gasteiger partial charge is 0.416 e. The summed E-state index contributed by atoms with van der Waals surface area (Å²) in [7, 11) is 1.78. The first kappa shape index (κ1) is 33.0. The third-order valence-electron chi connectivity index (χ3n) is 8.33. The van der Waals surface area contributed by atoms with E-state index in [0.29, 0.717) is 64.4 Å². The Hall–Kier alpha value is -3.42. The molecule has 0 bridgehead atoms. The SMILES string of the molecule is CCOC(=O)C1CCN(c2ncc(C=O)cc2Cl)CC1.CNc1nc(-c2cccc(C(F)(F)F)c2)c(N2CC3CCNC3C2)s1. The third-order valence-corrected chi connectivity index (χ3v) is 9.74. The van der Waals surface area contributed by atoms with Crippen molar-refractivity contribution >= 4 is 51.1 Å². The maximum Gasteiger partial charge on any atom is 0.416 e. The molecule has 3 saturated heterocycles. The number of esters is 1. The molecular weight excluding hydrogens is 629 g/mol. The number of thiazole rings is 1. The Kier molecular flexibility index (Phi) is 10.5. The first-order chi connectivity index (χ1) is 21.6. The van der Waals surface area contributed by atoms with Crippen LogP contribution in [0.25, 0.3) is 11.3 Å². The molecule has 0 amide bonds. The van der Waals surface area contributed by atoms with Crippen LogP contribution in [0.15, 0.2) is 36.5 Å². The fourth-order valence-corrected chi connectivity index (χ4v) is 7.26. The van der Waals surface area contributed by atoms with E-state index in [1.807, 2.05) is 11.8 Å². The van der Waals surface area contributed by atoms with Gasteiger partial charge in [-0.1, -0.05) is 35.1 Å². The normalized spacial score (nSPS) is 20.0. The second-order valence-corrected chi connectivity index (χ2v) is 12.6. The highest BCUT2D eigenvalue weighted by Crippen LogP contribution is 2.43. The Labute approximate surface area is 269 Å². The largest absolute Gasteiger partial charge is 0.466 e. The van der Waals surface area contributed by atoms with Gasteiger partial charge >= 0.3 is 12.1 Å². The van der Waals surface area contributed by atoms with Gasteiger partial charge in [0.2, 0.25) is 0 Å². The van der Waals surface area contributed by atoms with Gasteiger partial charge in [-0.2, -0.15) is 13.2 Å². The van der Waals surface area contributed by atoms with Crippen LogP contribution in [0.4, 0.5) is 29.1 Å². The van der Waals surface area contributed by atoms with E-state index >= 15 is 0 Å². The molecule has 0 spiro atoms. The number of aromatic nitrogens is 2. The lowest BCUT2D eigenvalue weighted by Crippen LogP contribution is -2.37. The molecule has 2 atom stereocenters. The van der Waals surface area contributed by atoms with Crippen molar-refractivity contribution in [3.63, 3.8) is 0 Å². The number of anilines is 3. The molecule has 3 aliphatic rings. The second-order valence-electron chi connectivity index (χ2n) is 11.2. The summed E-state index contributed by atoms with van der Waals surface area (Å²) in [5.41, 5.74) is 0.947. The zero-order valence-electron chi connectivity index (χ0n) is 25.1. The van der Waals surface area contributed by atoms with Crippen LogP contribution in [0.2, 0.25) is 5.02 Å². The molecule has 2 N–H and O–H groups in total. The van der Waals surface area contributed by atoms with Crippen LogP contribution in [0.5, 0.6) is 0 Å². The molecule has 2 unspecified atom stereocenters. The van der Waals surface area contributed by atoms with Crippen molar-refractivity contribution in [1.82, 2.24) is 15.3 Å². The number of aldehydes is 1. The highest BCUT2D eigenvalue weighted by molar-refractivity contribution is 7.20. The summed E-state index contributed by atoms with van der Waals surface area (Å²) in [4.78, 5) is 35.4. The number of piperidine rings is 1. The number of pyridine rings is 1.